The fraction of sp³-hybridized carbons (Fsp3) is 0.684. The average Bonchev–Trinajstić information content (AvgIpc) is 2.61. The van der Waals surface area contributed by atoms with Crippen molar-refractivity contribution in [3.8, 4) is 5.75 Å². The topological polar surface area (TPSA) is 60.9 Å². The van der Waals surface area contributed by atoms with Gasteiger partial charge in [-0.25, -0.2) is 8.42 Å². The number of fused-ring (bicyclic) bond motifs is 1. The fourth-order valence-corrected chi connectivity index (χ4v) is 6.98. The molecule has 2 bridgehead atoms. The van der Waals surface area contributed by atoms with Gasteiger partial charge in [-0.05, 0) is 50.3 Å². The summed E-state index contributed by atoms with van der Waals surface area (Å²) in [7, 11) is -2.51. The van der Waals surface area contributed by atoms with Crippen molar-refractivity contribution in [2.45, 2.75) is 66.1 Å². The van der Waals surface area contributed by atoms with E-state index in [0.717, 1.165) is 19.3 Å². The van der Waals surface area contributed by atoms with Gasteiger partial charge in [-0.3, -0.25) is 0 Å². The molecule has 1 heterocycles. The largest absolute Gasteiger partial charge is 0.507 e. The summed E-state index contributed by atoms with van der Waals surface area (Å²) < 4.78 is 65.7. The zero-order valence-electron chi connectivity index (χ0n) is 16.4. The van der Waals surface area contributed by atoms with Crippen LogP contribution in [0.5, 0.6) is 5.75 Å². The molecule has 4 aliphatic rings. The Morgan fingerprint density at radius 1 is 1.28 bits per heavy atom. The Morgan fingerprint density at radius 2 is 1.93 bits per heavy atom. The molecule has 10 heteroatoms. The maximum atomic E-state index is 13.3. The summed E-state index contributed by atoms with van der Waals surface area (Å²) in [6, 6.07) is 2.46. The summed E-state index contributed by atoms with van der Waals surface area (Å²) in [4.78, 5) is 2.74. The van der Waals surface area contributed by atoms with Gasteiger partial charge in [-0.15, -0.1) is 11.8 Å². The highest BCUT2D eigenvalue weighted by Gasteiger charge is 2.61. The van der Waals surface area contributed by atoms with Gasteiger partial charge in [-0.2, -0.15) is 17.5 Å². The van der Waals surface area contributed by atoms with Crippen LogP contribution in [0.25, 0.3) is 0 Å². The van der Waals surface area contributed by atoms with E-state index in [1.54, 1.807) is 6.07 Å². The molecule has 0 aromatic heterocycles. The van der Waals surface area contributed by atoms with E-state index in [4.69, 9.17) is 0 Å². The number of anilines is 1. The van der Waals surface area contributed by atoms with Crippen LogP contribution < -0.4 is 4.90 Å². The van der Waals surface area contributed by atoms with Crippen molar-refractivity contribution in [2.75, 3.05) is 24.7 Å². The molecule has 3 aliphatic carbocycles. The molecule has 1 aliphatic heterocycles. The Kier molecular flexibility index (Phi) is 5.06. The summed E-state index contributed by atoms with van der Waals surface area (Å²) >= 11 is 1.33. The van der Waals surface area contributed by atoms with E-state index in [9.17, 15) is 26.7 Å². The van der Waals surface area contributed by atoms with Gasteiger partial charge < -0.3 is 10.0 Å². The van der Waals surface area contributed by atoms with Crippen LogP contribution in [0.15, 0.2) is 21.9 Å². The molecule has 1 aromatic carbocycles. The van der Waals surface area contributed by atoms with Gasteiger partial charge in [0.2, 0.25) is 10.0 Å². The Morgan fingerprint density at radius 3 is 2.45 bits per heavy atom. The molecule has 0 amide bonds. The predicted octanol–water partition coefficient (Wildman–Crippen LogP) is 4.21. The van der Waals surface area contributed by atoms with Crippen LogP contribution in [0.3, 0.4) is 0 Å². The third-order valence-electron chi connectivity index (χ3n) is 6.69. The van der Waals surface area contributed by atoms with Crippen LogP contribution in [-0.4, -0.2) is 55.4 Å². The quantitative estimate of drug-likeness (QED) is 0.681. The lowest BCUT2D eigenvalue weighted by molar-refractivity contribution is -0.136. The van der Waals surface area contributed by atoms with Crippen LogP contribution in [0.4, 0.5) is 18.9 Å². The summed E-state index contributed by atoms with van der Waals surface area (Å²) in [5.74, 6) is 0.568. The van der Waals surface area contributed by atoms with Crippen molar-refractivity contribution >= 4 is 27.5 Å². The van der Waals surface area contributed by atoms with Gasteiger partial charge in [0, 0.05) is 37.7 Å². The molecular weight excluding hydrogens is 425 g/mol. The van der Waals surface area contributed by atoms with E-state index >= 15 is 0 Å². The van der Waals surface area contributed by atoms with Crippen molar-refractivity contribution in [3.63, 3.8) is 0 Å². The molecule has 0 saturated heterocycles. The number of benzene rings is 1. The van der Waals surface area contributed by atoms with Gasteiger partial charge in [-0.1, -0.05) is 0 Å². The first-order chi connectivity index (χ1) is 13.5. The van der Waals surface area contributed by atoms with Crippen molar-refractivity contribution < 1.29 is 26.7 Å². The second kappa shape index (κ2) is 6.95. The van der Waals surface area contributed by atoms with Crippen LogP contribution in [-0.2, 0) is 10.0 Å². The van der Waals surface area contributed by atoms with E-state index in [2.05, 4.69) is 4.90 Å². The van der Waals surface area contributed by atoms with Gasteiger partial charge >= 0.3 is 6.18 Å². The SMILES string of the molecule is CSc1cc2c(cc1O)S(=O)(=O)N(C)C(CCCC(F)(F)F)CN2C12CC(C1)C2. The van der Waals surface area contributed by atoms with E-state index in [0.29, 0.717) is 23.0 Å². The van der Waals surface area contributed by atoms with Gasteiger partial charge in [0.15, 0.2) is 0 Å². The molecule has 1 N–H and O–H groups in total. The summed E-state index contributed by atoms with van der Waals surface area (Å²) in [5.41, 5.74) is 0.463. The number of hydrogen-bond acceptors (Lipinski definition) is 5. The van der Waals surface area contributed by atoms with Gasteiger partial charge in [0.1, 0.15) is 10.6 Å². The minimum Gasteiger partial charge on any atom is -0.507 e. The third kappa shape index (κ3) is 3.50. The predicted molar refractivity (Wildman–Crippen MR) is 106 cm³/mol. The summed E-state index contributed by atoms with van der Waals surface area (Å²) in [6.45, 7) is 0.367. The van der Waals surface area contributed by atoms with E-state index in [1.165, 1.54) is 29.2 Å². The Bertz CT molecular complexity index is 903. The molecule has 0 spiro atoms. The minimum atomic E-state index is -4.25. The molecule has 1 aromatic rings. The monoisotopic (exact) mass is 450 g/mol. The van der Waals surface area contributed by atoms with Crippen LogP contribution in [0.1, 0.15) is 38.5 Å². The summed E-state index contributed by atoms with van der Waals surface area (Å²) in [5, 5.41) is 10.3. The highest BCUT2D eigenvalue weighted by molar-refractivity contribution is 7.98. The molecule has 162 valence electrons. The molecular formula is C19H25F3N2O3S2. The normalized spacial score (nSPS) is 30.9. The maximum Gasteiger partial charge on any atom is 0.389 e. The van der Waals surface area contributed by atoms with E-state index < -0.39 is 28.7 Å². The third-order valence-corrected chi connectivity index (χ3v) is 9.40. The number of phenolic OH excluding ortho intramolecular Hbond substituents is 1. The lowest BCUT2D eigenvalue weighted by atomic mass is 9.49. The Labute approximate surface area is 173 Å². The number of aromatic hydroxyl groups is 1. The molecule has 5 nitrogen and oxygen atoms in total. The van der Waals surface area contributed by atoms with Crippen LogP contribution in [0.2, 0.25) is 0 Å². The molecule has 1 unspecified atom stereocenters. The molecule has 3 saturated carbocycles. The number of phenols is 1. The number of thioether (sulfide) groups is 1. The standard InChI is InChI=1S/C19H25F3N2O3S2/c1-23-13(4-3-5-19(20,21)22)11-24(18-8-12(9-18)10-18)14-6-16(28-2)15(25)7-17(14)29(23,26)27/h6-7,12-13,25H,3-5,8-11H2,1-2H3. The number of hydrogen-bond donors (Lipinski definition) is 1. The number of alkyl halides is 3. The Hall–Kier alpha value is -1.13. The highest BCUT2D eigenvalue weighted by Crippen LogP contribution is 2.62. The van der Waals surface area contributed by atoms with Crippen molar-refractivity contribution in [2.24, 2.45) is 5.92 Å². The molecule has 29 heavy (non-hydrogen) atoms. The van der Waals surface area contributed by atoms with E-state index in [-0.39, 0.29) is 29.0 Å². The molecule has 5 rings (SSSR count). The molecule has 0 radical (unpaired) electrons. The lowest BCUT2D eigenvalue weighted by Crippen LogP contribution is -2.69. The second-order valence-corrected chi connectivity index (χ2v) is 11.3. The minimum absolute atomic E-state index is 0.0401. The first-order valence-corrected chi connectivity index (χ1v) is 12.4. The number of nitrogens with zero attached hydrogens (tertiary/aromatic N) is 2. The zero-order chi connectivity index (χ0) is 21.2. The van der Waals surface area contributed by atoms with E-state index in [1.807, 2.05) is 6.26 Å². The first kappa shape index (κ1) is 21.1. The van der Waals surface area contributed by atoms with Crippen molar-refractivity contribution in [1.29, 1.82) is 0 Å². The second-order valence-electron chi connectivity index (χ2n) is 8.49. The smallest absolute Gasteiger partial charge is 0.389 e. The number of sulfonamides is 1. The fourth-order valence-electron chi connectivity index (χ4n) is 4.92. The lowest BCUT2D eigenvalue weighted by Gasteiger charge is -2.67. The first-order valence-electron chi connectivity index (χ1n) is 9.70. The number of likely N-dealkylation sites (N-methyl/N-ethyl adjacent to an activating group) is 1. The highest BCUT2D eigenvalue weighted by atomic mass is 32.2. The molecule has 3 fully saturated rings. The van der Waals surface area contributed by atoms with Crippen LogP contribution in [0, 0.1) is 5.92 Å². The van der Waals surface area contributed by atoms with Crippen molar-refractivity contribution in [3.05, 3.63) is 12.1 Å². The number of halogens is 3. The van der Waals surface area contributed by atoms with Crippen LogP contribution >= 0.6 is 11.8 Å². The average molecular weight is 451 g/mol. The summed E-state index contributed by atoms with van der Waals surface area (Å²) in [6.07, 6.45) is -0.380. The zero-order valence-corrected chi connectivity index (χ0v) is 18.0. The van der Waals surface area contributed by atoms with Gasteiger partial charge in [0.05, 0.1) is 10.6 Å². The Balaban J connectivity index is 1.74. The van der Waals surface area contributed by atoms with Crippen molar-refractivity contribution in [1.82, 2.24) is 4.31 Å². The number of rotatable bonds is 5. The van der Waals surface area contributed by atoms with Gasteiger partial charge in [0.25, 0.3) is 0 Å². The maximum absolute atomic E-state index is 13.3. The molecule has 1 atom stereocenters.